The molecule has 3 aromatic rings. The molecule has 2 aliphatic rings. The Hall–Kier alpha value is -2.42. The molecule has 0 aromatic heterocycles. The SMILES string of the molecule is Clc1cc(Cl)c2c(c1)NC(c1ccc(OCc3ccccc3)cc1)C1CC=CC21. The number of hydrogen-bond donors (Lipinski definition) is 1. The van der Waals surface area contributed by atoms with Gasteiger partial charge in [-0.05, 0) is 47.7 Å². The zero-order valence-corrected chi connectivity index (χ0v) is 17.3. The molecule has 4 heteroatoms. The Bertz CT molecular complexity index is 1050. The summed E-state index contributed by atoms with van der Waals surface area (Å²) in [6.07, 6.45) is 5.59. The highest BCUT2D eigenvalue weighted by atomic mass is 35.5. The van der Waals surface area contributed by atoms with Crippen molar-refractivity contribution in [1.29, 1.82) is 0 Å². The fourth-order valence-corrected chi connectivity index (χ4v) is 5.11. The van der Waals surface area contributed by atoms with Crippen LogP contribution in [0.1, 0.15) is 35.1 Å². The summed E-state index contributed by atoms with van der Waals surface area (Å²) in [5.74, 6) is 1.63. The number of rotatable bonds is 4. The minimum atomic E-state index is 0.209. The Morgan fingerprint density at radius 3 is 2.55 bits per heavy atom. The maximum Gasteiger partial charge on any atom is 0.119 e. The van der Waals surface area contributed by atoms with Crippen LogP contribution in [0.4, 0.5) is 5.69 Å². The summed E-state index contributed by atoms with van der Waals surface area (Å²) < 4.78 is 5.94. The topological polar surface area (TPSA) is 21.3 Å². The van der Waals surface area contributed by atoms with E-state index in [4.69, 9.17) is 27.9 Å². The fourth-order valence-electron chi connectivity index (χ4n) is 4.49. The second-order valence-corrected chi connectivity index (χ2v) is 8.51. The van der Waals surface area contributed by atoms with Gasteiger partial charge in [0.2, 0.25) is 0 Å². The number of benzene rings is 3. The fraction of sp³-hybridized carbons (Fsp3) is 0.200. The van der Waals surface area contributed by atoms with E-state index >= 15 is 0 Å². The van der Waals surface area contributed by atoms with Gasteiger partial charge in [0.1, 0.15) is 12.4 Å². The molecular formula is C25H21Cl2NO. The van der Waals surface area contributed by atoms with Gasteiger partial charge in [-0.15, -0.1) is 0 Å². The third-order valence-corrected chi connectivity index (χ3v) is 6.40. The first-order valence-corrected chi connectivity index (χ1v) is 10.6. The van der Waals surface area contributed by atoms with E-state index in [1.807, 2.05) is 30.3 Å². The average Bonchev–Trinajstić information content (AvgIpc) is 3.22. The van der Waals surface area contributed by atoms with Crippen LogP contribution in [0.5, 0.6) is 5.75 Å². The van der Waals surface area contributed by atoms with Crippen LogP contribution in [0.15, 0.2) is 78.9 Å². The molecule has 3 unspecified atom stereocenters. The minimum Gasteiger partial charge on any atom is -0.489 e. The Labute approximate surface area is 181 Å². The van der Waals surface area contributed by atoms with Crippen molar-refractivity contribution in [1.82, 2.24) is 0 Å². The molecule has 146 valence electrons. The van der Waals surface area contributed by atoms with Crippen molar-refractivity contribution in [2.24, 2.45) is 5.92 Å². The highest BCUT2D eigenvalue weighted by Gasteiger charge is 2.39. The zero-order valence-electron chi connectivity index (χ0n) is 15.8. The van der Waals surface area contributed by atoms with E-state index in [2.05, 4.69) is 53.9 Å². The number of anilines is 1. The Morgan fingerprint density at radius 1 is 0.966 bits per heavy atom. The highest BCUT2D eigenvalue weighted by Crippen LogP contribution is 2.52. The normalized spacial score (nSPS) is 21.9. The van der Waals surface area contributed by atoms with Crippen LogP contribution in [0, 0.1) is 5.92 Å². The number of hydrogen-bond acceptors (Lipinski definition) is 2. The third kappa shape index (κ3) is 3.63. The molecule has 3 aromatic carbocycles. The number of fused-ring (bicyclic) bond motifs is 3. The molecule has 0 fully saturated rings. The molecule has 2 nitrogen and oxygen atoms in total. The molecule has 1 N–H and O–H groups in total. The summed E-state index contributed by atoms with van der Waals surface area (Å²) >= 11 is 12.8. The van der Waals surface area contributed by atoms with Crippen LogP contribution in [0.3, 0.4) is 0 Å². The molecule has 0 spiro atoms. The van der Waals surface area contributed by atoms with Crippen molar-refractivity contribution >= 4 is 28.9 Å². The Morgan fingerprint density at radius 2 is 1.76 bits per heavy atom. The average molecular weight is 422 g/mol. The van der Waals surface area contributed by atoms with E-state index in [-0.39, 0.29) is 6.04 Å². The summed E-state index contributed by atoms with van der Waals surface area (Å²) in [6.45, 7) is 0.570. The van der Waals surface area contributed by atoms with Gasteiger partial charge in [0.25, 0.3) is 0 Å². The lowest BCUT2D eigenvalue weighted by atomic mass is 9.77. The monoisotopic (exact) mass is 421 g/mol. The largest absolute Gasteiger partial charge is 0.489 e. The summed E-state index contributed by atoms with van der Waals surface area (Å²) in [7, 11) is 0. The van der Waals surface area contributed by atoms with Crippen molar-refractivity contribution in [3.8, 4) is 5.75 Å². The molecule has 5 rings (SSSR count). The Balaban J connectivity index is 1.38. The predicted octanol–water partition coefficient (Wildman–Crippen LogP) is 7.40. The summed E-state index contributed by atoms with van der Waals surface area (Å²) in [5.41, 5.74) is 4.60. The van der Waals surface area contributed by atoms with Gasteiger partial charge in [0.15, 0.2) is 0 Å². The summed E-state index contributed by atoms with van der Waals surface area (Å²) in [5, 5.41) is 5.09. The first-order chi connectivity index (χ1) is 14.2. The second kappa shape index (κ2) is 7.78. The van der Waals surface area contributed by atoms with Crippen molar-refractivity contribution in [2.45, 2.75) is 25.0 Å². The van der Waals surface area contributed by atoms with Crippen LogP contribution in [0.25, 0.3) is 0 Å². The number of ether oxygens (including phenoxy) is 1. The predicted molar refractivity (Wildman–Crippen MR) is 120 cm³/mol. The molecule has 0 radical (unpaired) electrons. The van der Waals surface area contributed by atoms with Gasteiger partial charge in [0.05, 0.1) is 6.04 Å². The van der Waals surface area contributed by atoms with Crippen LogP contribution >= 0.6 is 23.2 Å². The molecule has 29 heavy (non-hydrogen) atoms. The molecule has 1 aliphatic heterocycles. The van der Waals surface area contributed by atoms with Crippen molar-refractivity contribution in [3.05, 3.63) is 106 Å². The van der Waals surface area contributed by atoms with Gasteiger partial charge < -0.3 is 10.1 Å². The van der Waals surface area contributed by atoms with E-state index < -0.39 is 0 Å². The standard InChI is InChI=1S/C25H21Cl2NO/c26-18-13-22(27)24-20-7-4-8-21(20)25(28-23(24)14-18)17-9-11-19(12-10-17)29-15-16-5-2-1-3-6-16/h1-7,9-14,20-21,25,28H,8,15H2. The lowest BCUT2D eigenvalue weighted by molar-refractivity contribution is 0.306. The Kier molecular flexibility index (Phi) is 4.99. The van der Waals surface area contributed by atoms with Gasteiger partial charge >= 0.3 is 0 Å². The summed E-state index contributed by atoms with van der Waals surface area (Å²) in [6, 6.07) is 22.7. The van der Waals surface area contributed by atoms with E-state index in [1.165, 1.54) is 5.56 Å². The first-order valence-electron chi connectivity index (χ1n) is 9.88. The van der Waals surface area contributed by atoms with Gasteiger partial charge in [-0.1, -0.05) is 77.8 Å². The smallest absolute Gasteiger partial charge is 0.119 e. The minimum absolute atomic E-state index is 0.209. The zero-order chi connectivity index (χ0) is 19.8. The van der Waals surface area contributed by atoms with Gasteiger partial charge in [0, 0.05) is 27.2 Å². The number of halogens is 2. The molecule has 0 saturated heterocycles. The van der Waals surface area contributed by atoms with E-state index in [9.17, 15) is 0 Å². The lowest BCUT2D eigenvalue weighted by Gasteiger charge is -2.38. The second-order valence-electron chi connectivity index (χ2n) is 7.67. The van der Waals surface area contributed by atoms with E-state index in [0.29, 0.717) is 23.5 Å². The van der Waals surface area contributed by atoms with Gasteiger partial charge in [-0.25, -0.2) is 0 Å². The van der Waals surface area contributed by atoms with E-state index in [0.717, 1.165) is 34.0 Å². The third-order valence-electron chi connectivity index (χ3n) is 5.87. The maximum atomic E-state index is 6.54. The van der Waals surface area contributed by atoms with Gasteiger partial charge in [-0.3, -0.25) is 0 Å². The lowest BCUT2D eigenvalue weighted by Crippen LogP contribution is -2.29. The van der Waals surface area contributed by atoms with Crippen molar-refractivity contribution in [3.63, 3.8) is 0 Å². The molecule has 0 saturated carbocycles. The molecule has 1 aliphatic carbocycles. The number of nitrogens with one attached hydrogen (secondary N) is 1. The molecule has 1 heterocycles. The molecular weight excluding hydrogens is 401 g/mol. The van der Waals surface area contributed by atoms with Gasteiger partial charge in [-0.2, -0.15) is 0 Å². The highest BCUT2D eigenvalue weighted by molar-refractivity contribution is 6.35. The number of allylic oxidation sites excluding steroid dienone is 2. The van der Waals surface area contributed by atoms with Crippen LogP contribution < -0.4 is 10.1 Å². The van der Waals surface area contributed by atoms with Crippen molar-refractivity contribution in [2.75, 3.05) is 5.32 Å². The molecule has 0 amide bonds. The first kappa shape index (κ1) is 18.6. The van der Waals surface area contributed by atoms with Crippen molar-refractivity contribution < 1.29 is 4.74 Å². The maximum absolute atomic E-state index is 6.54. The van der Waals surface area contributed by atoms with Crippen LogP contribution in [-0.2, 0) is 6.61 Å². The van der Waals surface area contributed by atoms with Crippen LogP contribution in [0.2, 0.25) is 10.0 Å². The molecule has 0 bridgehead atoms. The van der Waals surface area contributed by atoms with E-state index in [1.54, 1.807) is 0 Å². The summed E-state index contributed by atoms with van der Waals surface area (Å²) in [4.78, 5) is 0. The van der Waals surface area contributed by atoms with Crippen LogP contribution in [-0.4, -0.2) is 0 Å². The quantitative estimate of drug-likeness (QED) is 0.443. The molecule has 3 atom stereocenters.